The third-order valence-electron chi connectivity index (χ3n) is 5.70. The zero-order valence-electron chi connectivity index (χ0n) is 14.5. The maximum atomic E-state index is 3.84. The number of hydrogen-bond donors (Lipinski definition) is 6. The molecule has 0 aromatic rings. The Kier molecular flexibility index (Phi) is 5.50. The van der Waals surface area contributed by atoms with Crippen molar-refractivity contribution in [3.05, 3.63) is 23.9 Å². The Morgan fingerprint density at radius 1 is 0.792 bits per heavy atom. The van der Waals surface area contributed by atoms with Gasteiger partial charge in [0.15, 0.2) is 0 Å². The van der Waals surface area contributed by atoms with Gasteiger partial charge in [0.25, 0.3) is 0 Å². The first-order chi connectivity index (χ1) is 11.9. The second kappa shape index (κ2) is 7.97. The molecule has 4 unspecified atom stereocenters. The molecule has 0 amide bonds. The van der Waals surface area contributed by atoms with Crippen molar-refractivity contribution in [1.29, 1.82) is 0 Å². The molecule has 0 aliphatic carbocycles. The van der Waals surface area contributed by atoms with Crippen molar-refractivity contribution in [3.63, 3.8) is 0 Å². The molecule has 6 N–H and O–H groups in total. The van der Waals surface area contributed by atoms with Crippen molar-refractivity contribution in [2.75, 3.05) is 19.6 Å². The van der Waals surface area contributed by atoms with Crippen LogP contribution in [0.25, 0.3) is 0 Å². The SMILES string of the molecule is C1=CCNC(C2NC(C3CCCCN3)NC(C3CCCCN3)N2)=C1. The molecule has 6 heteroatoms. The monoisotopic (exact) mass is 332 g/mol. The van der Waals surface area contributed by atoms with Crippen LogP contribution in [0.5, 0.6) is 0 Å². The molecular formula is C18H32N6. The Balaban J connectivity index is 1.48. The van der Waals surface area contributed by atoms with Crippen LogP contribution >= 0.6 is 0 Å². The van der Waals surface area contributed by atoms with Crippen LogP contribution in [-0.2, 0) is 0 Å². The van der Waals surface area contributed by atoms with Crippen LogP contribution in [0.2, 0.25) is 0 Å². The van der Waals surface area contributed by atoms with Crippen LogP contribution in [0, 0.1) is 0 Å². The molecule has 0 radical (unpaired) electrons. The zero-order chi connectivity index (χ0) is 16.2. The van der Waals surface area contributed by atoms with Gasteiger partial charge < -0.3 is 16.0 Å². The summed E-state index contributed by atoms with van der Waals surface area (Å²) >= 11 is 0. The minimum absolute atomic E-state index is 0.179. The molecule has 4 aliphatic rings. The van der Waals surface area contributed by atoms with Gasteiger partial charge in [-0.1, -0.05) is 25.0 Å². The zero-order valence-corrected chi connectivity index (χ0v) is 14.5. The number of piperidine rings is 2. The third kappa shape index (κ3) is 3.83. The van der Waals surface area contributed by atoms with Crippen LogP contribution in [0.3, 0.4) is 0 Å². The van der Waals surface area contributed by atoms with Crippen LogP contribution in [0.4, 0.5) is 0 Å². The first-order valence-corrected chi connectivity index (χ1v) is 9.76. The van der Waals surface area contributed by atoms with E-state index in [1.807, 2.05) is 0 Å². The Labute approximate surface area is 145 Å². The van der Waals surface area contributed by atoms with Crippen molar-refractivity contribution in [3.8, 4) is 0 Å². The molecule has 134 valence electrons. The molecule has 4 heterocycles. The van der Waals surface area contributed by atoms with E-state index in [2.05, 4.69) is 50.1 Å². The smallest absolute Gasteiger partial charge is 0.101 e. The number of hydrogen-bond acceptors (Lipinski definition) is 6. The summed E-state index contributed by atoms with van der Waals surface area (Å²) in [6.07, 6.45) is 15.0. The standard InChI is InChI=1S/C18H32N6/c1-4-10-19-13(7-1)16-22-17(14-8-2-5-11-20-14)24-18(23-16)15-9-3-6-12-21-15/h1,4,7,14-24H,2-3,5-6,8-12H2. The molecule has 6 nitrogen and oxygen atoms in total. The lowest BCUT2D eigenvalue weighted by Gasteiger charge is -2.47. The van der Waals surface area contributed by atoms with Crippen LogP contribution in [0.15, 0.2) is 23.9 Å². The Hall–Kier alpha value is -0.920. The quantitative estimate of drug-likeness (QED) is 0.440. The summed E-state index contributed by atoms with van der Waals surface area (Å²) in [5.41, 5.74) is 1.25. The summed E-state index contributed by atoms with van der Waals surface area (Å²) in [5.74, 6) is 0. The number of rotatable bonds is 3. The summed E-state index contributed by atoms with van der Waals surface area (Å²) in [5, 5.41) is 22.3. The topological polar surface area (TPSA) is 72.2 Å². The largest absolute Gasteiger partial charge is 0.382 e. The Morgan fingerprint density at radius 2 is 1.46 bits per heavy atom. The lowest BCUT2D eigenvalue weighted by Crippen LogP contribution is -2.76. The van der Waals surface area contributed by atoms with Crippen molar-refractivity contribution in [2.45, 2.75) is 69.1 Å². The van der Waals surface area contributed by atoms with E-state index in [9.17, 15) is 0 Å². The van der Waals surface area contributed by atoms with Gasteiger partial charge in [0.2, 0.25) is 0 Å². The second-order valence-electron chi connectivity index (χ2n) is 7.43. The van der Waals surface area contributed by atoms with Gasteiger partial charge >= 0.3 is 0 Å². The van der Waals surface area contributed by atoms with Crippen molar-refractivity contribution in [2.24, 2.45) is 0 Å². The molecule has 0 aromatic carbocycles. The van der Waals surface area contributed by atoms with E-state index in [0.717, 1.165) is 19.6 Å². The van der Waals surface area contributed by atoms with Gasteiger partial charge in [0, 0.05) is 24.3 Å². The summed E-state index contributed by atoms with van der Waals surface area (Å²) in [6, 6.07) is 1.02. The first kappa shape index (κ1) is 16.5. The summed E-state index contributed by atoms with van der Waals surface area (Å²) in [6.45, 7) is 3.19. The molecule has 24 heavy (non-hydrogen) atoms. The maximum Gasteiger partial charge on any atom is 0.101 e. The fourth-order valence-corrected chi connectivity index (χ4v) is 4.34. The van der Waals surface area contributed by atoms with E-state index < -0.39 is 0 Å². The molecule has 0 saturated carbocycles. The van der Waals surface area contributed by atoms with Gasteiger partial charge in [0.05, 0.1) is 12.3 Å². The average Bonchev–Trinajstić information content (AvgIpc) is 2.70. The highest BCUT2D eigenvalue weighted by Crippen LogP contribution is 2.17. The highest BCUT2D eigenvalue weighted by Gasteiger charge is 2.37. The predicted molar refractivity (Wildman–Crippen MR) is 97.3 cm³/mol. The van der Waals surface area contributed by atoms with E-state index in [1.54, 1.807) is 0 Å². The molecule has 0 bridgehead atoms. The highest BCUT2D eigenvalue weighted by molar-refractivity contribution is 5.22. The summed E-state index contributed by atoms with van der Waals surface area (Å²) in [7, 11) is 0. The molecule has 4 rings (SSSR count). The minimum atomic E-state index is 0.179. The minimum Gasteiger partial charge on any atom is -0.382 e. The highest BCUT2D eigenvalue weighted by atomic mass is 15.4. The van der Waals surface area contributed by atoms with E-state index in [0.29, 0.717) is 24.4 Å². The maximum absolute atomic E-state index is 3.84. The molecule has 4 aliphatic heterocycles. The predicted octanol–water partition coefficient (Wildman–Crippen LogP) is 0.0746. The van der Waals surface area contributed by atoms with E-state index in [1.165, 1.54) is 44.2 Å². The molecule has 3 saturated heterocycles. The van der Waals surface area contributed by atoms with Gasteiger partial charge in [-0.3, -0.25) is 16.0 Å². The summed E-state index contributed by atoms with van der Waals surface area (Å²) in [4.78, 5) is 0. The van der Waals surface area contributed by atoms with E-state index in [4.69, 9.17) is 0 Å². The molecule has 0 spiro atoms. The van der Waals surface area contributed by atoms with Crippen LogP contribution < -0.4 is 31.9 Å². The molecular weight excluding hydrogens is 300 g/mol. The van der Waals surface area contributed by atoms with Crippen molar-refractivity contribution < 1.29 is 0 Å². The first-order valence-electron chi connectivity index (χ1n) is 9.76. The van der Waals surface area contributed by atoms with E-state index in [-0.39, 0.29) is 6.17 Å². The fraction of sp³-hybridized carbons (Fsp3) is 0.778. The second-order valence-corrected chi connectivity index (χ2v) is 7.43. The summed E-state index contributed by atoms with van der Waals surface area (Å²) < 4.78 is 0. The van der Waals surface area contributed by atoms with Crippen LogP contribution in [0.1, 0.15) is 38.5 Å². The van der Waals surface area contributed by atoms with Crippen LogP contribution in [-0.4, -0.2) is 50.2 Å². The normalized spacial score (nSPS) is 40.7. The molecule has 4 atom stereocenters. The van der Waals surface area contributed by atoms with Crippen molar-refractivity contribution in [1.82, 2.24) is 31.9 Å². The lowest BCUT2D eigenvalue weighted by atomic mass is 9.97. The van der Waals surface area contributed by atoms with Gasteiger partial charge in [-0.15, -0.1) is 0 Å². The number of allylic oxidation sites excluding steroid dienone is 2. The third-order valence-corrected chi connectivity index (χ3v) is 5.70. The van der Waals surface area contributed by atoms with E-state index >= 15 is 0 Å². The Bertz CT molecular complexity index is 438. The van der Waals surface area contributed by atoms with Gasteiger partial charge in [-0.25, -0.2) is 0 Å². The Morgan fingerprint density at radius 3 is 1.96 bits per heavy atom. The average molecular weight is 332 g/mol. The van der Waals surface area contributed by atoms with Gasteiger partial charge in [-0.05, 0) is 44.8 Å². The van der Waals surface area contributed by atoms with Gasteiger partial charge in [0.1, 0.15) is 6.17 Å². The fourth-order valence-electron chi connectivity index (χ4n) is 4.34. The molecule has 3 fully saturated rings. The molecule has 0 aromatic heterocycles. The van der Waals surface area contributed by atoms with Gasteiger partial charge in [-0.2, -0.15) is 0 Å². The van der Waals surface area contributed by atoms with Crippen molar-refractivity contribution >= 4 is 0 Å². The number of nitrogens with one attached hydrogen (secondary N) is 6. The lowest BCUT2D eigenvalue weighted by molar-refractivity contribution is 0.132. The number of dihydropyridines is 1.